The van der Waals surface area contributed by atoms with Crippen LogP contribution in [0.3, 0.4) is 0 Å². The summed E-state index contributed by atoms with van der Waals surface area (Å²) in [4.78, 5) is 0. The average molecular weight is 295 g/mol. The van der Waals surface area contributed by atoms with Crippen molar-refractivity contribution in [2.45, 2.75) is 31.5 Å². The van der Waals surface area contributed by atoms with Gasteiger partial charge in [-0.15, -0.1) is 0 Å². The van der Waals surface area contributed by atoms with Crippen LogP contribution < -0.4 is 5.32 Å². The lowest BCUT2D eigenvalue weighted by Gasteiger charge is -2.21. The van der Waals surface area contributed by atoms with Crippen LogP contribution >= 0.6 is 0 Å². The molecule has 1 aliphatic heterocycles. The number of piperidine rings is 1. The molecule has 21 heavy (non-hydrogen) atoms. The van der Waals surface area contributed by atoms with E-state index in [1.165, 1.54) is 12.1 Å². The van der Waals surface area contributed by atoms with Gasteiger partial charge in [0.2, 0.25) is 0 Å². The average Bonchev–Trinajstić information content (AvgIpc) is 2.97. The predicted octanol–water partition coefficient (Wildman–Crippen LogP) is 4.78. The second-order valence-electron chi connectivity index (χ2n) is 5.25. The summed E-state index contributed by atoms with van der Waals surface area (Å²) in [5, 5.41) is 3.33. The molecule has 3 rings (SSSR count). The highest BCUT2D eigenvalue weighted by atomic mass is 19.4. The van der Waals surface area contributed by atoms with Crippen LogP contribution in [0, 0.1) is 0 Å². The molecule has 1 aliphatic rings. The van der Waals surface area contributed by atoms with Crippen LogP contribution in [0.15, 0.2) is 40.8 Å². The van der Waals surface area contributed by atoms with Gasteiger partial charge < -0.3 is 9.73 Å². The third kappa shape index (κ3) is 2.97. The minimum atomic E-state index is -4.38. The highest BCUT2D eigenvalue weighted by Gasteiger charge is 2.34. The van der Waals surface area contributed by atoms with E-state index in [2.05, 4.69) is 5.32 Å². The molecule has 2 heterocycles. The first-order valence-corrected chi connectivity index (χ1v) is 7.05. The molecule has 112 valence electrons. The zero-order valence-electron chi connectivity index (χ0n) is 11.4. The Morgan fingerprint density at radius 2 is 1.86 bits per heavy atom. The van der Waals surface area contributed by atoms with Crippen molar-refractivity contribution in [3.8, 4) is 11.3 Å². The van der Waals surface area contributed by atoms with E-state index in [0.717, 1.165) is 31.9 Å². The molecule has 5 heteroatoms. The van der Waals surface area contributed by atoms with Crippen molar-refractivity contribution in [3.05, 3.63) is 47.7 Å². The molecule has 0 aliphatic carbocycles. The summed E-state index contributed by atoms with van der Waals surface area (Å²) >= 11 is 0. The lowest BCUT2D eigenvalue weighted by Crippen LogP contribution is -2.26. The van der Waals surface area contributed by atoms with Gasteiger partial charge in [0.15, 0.2) is 0 Å². The van der Waals surface area contributed by atoms with Gasteiger partial charge in [-0.1, -0.05) is 24.6 Å². The molecular weight excluding hydrogens is 279 g/mol. The minimum absolute atomic E-state index is 0.0899. The maximum absolute atomic E-state index is 13.0. The first kappa shape index (κ1) is 14.2. The Hall–Kier alpha value is -1.75. The van der Waals surface area contributed by atoms with Crippen molar-refractivity contribution < 1.29 is 17.6 Å². The van der Waals surface area contributed by atoms with Crippen molar-refractivity contribution in [1.29, 1.82) is 0 Å². The normalized spacial score (nSPS) is 19.7. The molecule has 0 unspecified atom stereocenters. The Kier molecular flexibility index (Phi) is 3.76. The van der Waals surface area contributed by atoms with E-state index in [1.54, 1.807) is 18.2 Å². The van der Waals surface area contributed by atoms with E-state index in [1.807, 2.05) is 0 Å². The van der Waals surface area contributed by atoms with Gasteiger partial charge >= 0.3 is 6.18 Å². The summed E-state index contributed by atoms with van der Waals surface area (Å²) in [6.07, 6.45) is -1.20. The first-order chi connectivity index (χ1) is 10.1. The summed E-state index contributed by atoms with van der Waals surface area (Å²) < 4.78 is 44.8. The summed E-state index contributed by atoms with van der Waals surface area (Å²) in [6.45, 7) is 0.917. The topological polar surface area (TPSA) is 25.2 Å². The third-order valence-corrected chi connectivity index (χ3v) is 3.78. The van der Waals surface area contributed by atoms with Gasteiger partial charge in [0, 0.05) is 5.56 Å². The molecule has 1 saturated heterocycles. The number of benzene rings is 1. The van der Waals surface area contributed by atoms with Gasteiger partial charge in [0.05, 0.1) is 11.6 Å². The molecule has 0 bridgehead atoms. The van der Waals surface area contributed by atoms with Gasteiger partial charge in [0.25, 0.3) is 0 Å². The van der Waals surface area contributed by atoms with E-state index in [9.17, 15) is 13.2 Å². The SMILES string of the molecule is FC(F)(F)c1ccccc1-c1ccc([C@H]2CCCCN2)o1. The standard InChI is InChI=1S/C16H16F3NO/c17-16(18,19)12-6-2-1-5-11(12)14-8-9-15(21-14)13-7-3-4-10-20-13/h1-2,5-6,8-9,13,20H,3-4,7,10H2/t13-/m1/s1. The number of hydrogen-bond donors (Lipinski definition) is 1. The van der Waals surface area contributed by atoms with Crippen LogP contribution in [0.25, 0.3) is 11.3 Å². The molecule has 1 atom stereocenters. The van der Waals surface area contributed by atoms with Crippen LogP contribution in [0.1, 0.15) is 36.6 Å². The summed E-state index contributed by atoms with van der Waals surface area (Å²) in [6, 6.07) is 8.99. The maximum Gasteiger partial charge on any atom is 0.417 e. The summed E-state index contributed by atoms with van der Waals surface area (Å²) in [7, 11) is 0. The van der Waals surface area contributed by atoms with E-state index < -0.39 is 11.7 Å². The zero-order valence-corrected chi connectivity index (χ0v) is 11.4. The molecule has 1 aromatic carbocycles. The Bertz CT molecular complexity index is 612. The number of hydrogen-bond acceptors (Lipinski definition) is 2. The van der Waals surface area contributed by atoms with Crippen LogP contribution in [-0.2, 0) is 6.18 Å². The first-order valence-electron chi connectivity index (χ1n) is 7.05. The van der Waals surface area contributed by atoms with Crippen LogP contribution in [0.4, 0.5) is 13.2 Å². The van der Waals surface area contributed by atoms with Crippen LogP contribution in [0.2, 0.25) is 0 Å². The molecule has 1 N–H and O–H groups in total. The molecule has 0 amide bonds. The minimum Gasteiger partial charge on any atom is -0.459 e. The van der Waals surface area contributed by atoms with E-state index in [4.69, 9.17) is 4.42 Å². The summed E-state index contributed by atoms with van der Waals surface area (Å²) in [5.41, 5.74) is -0.574. The molecule has 0 spiro atoms. The van der Waals surface area contributed by atoms with Crippen molar-refractivity contribution in [2.75, 3.05) is 6.54 Å². The van der Waals surface area contributed by atoms with E-state index >= 15 is 0 Å². The molecule has 1 aromatic heterocycles. The van der Waals surface area contributed by atoms with Gasteiger partial charge in [-0.25, -0.2) is 0 Å². The van der Waals surface area contributed by atoms with Crippen molar-refractivity contribution in [3.63, 3.8) is 0 Å². The monoisotopic (exact) mass is 295 g/mol. The lowest BCUT2D eigenvalue weighted by atomic mass is 10.0. The largest absolute Gasteiger partial charge is 0.459 e. The number of alkyl halides is 3. The third-order valence-electron chi connectivity index (χ3n) is 3.78. The van der Waals surface area contributed by atoms with Crippen LogP contribution in [-0.4, -0.2) is 6.54 Å². The van der Waals surface area contributed by atoms with E-state index in [0.29, 0.717) is 5.76 Å². The van der Waals surface area contributed by atoms with Crippen molar-refractivity contribution in [1.82, 2.24) is 5.32 Å². The number of halogens is 3. The lowest BCUT2D eigenvalue weighted by molar-refractivity contribution is -0.137. The van der Waals surface area contributed by atoms with Crippen LogP contribution in [0.5, 0.6) is 0 Å². The smallest absolute Gasteiger partial charge is 0.417 e. The van der Waals surface area contributed by atoms with Crippen molar-refractivity contribution >= 4 is 0 Å². The number of furan rings is 1. The highest BCUT2D eigenvalue weighted by Crippen LogP contribution is 2.38. The quantitative estimate of drug-likeness (QED) is 0.862. The Morgan fingerprint density at radius 1 is 1.05 bits per heavy atom. The molecule has 2 aromatic rings. The van der Waals surface area contributed by atoms with Gasteiger partial charge in [0.1, 0.15) is 11.5 Å². The molecule has 0 radical (unpaired) electrons. The Morgan fingerprint density at radius 3 is 2.57 bits per heavy atom. The predicted molar refractivity (Wildman–Crippen MR) is 73.7 cm³/mol. The molecular formula is C16H16F3NO. The Labute approximate surface area is 121 Å². The molecule has 1 fully saturated rings. The van der Waals surface area contributed by atoms with Crippen molar-refractivity contribution in [2.24, 2.45) is 0 Å². The van der Waals surface area contributed by atoms with E-state index in [-0.39, 0.29) is 17.4 Å². The second kappa shape index (κ2) is 5.56. The Balaban J connectivity index is 1.93. The molecule has 0 saturated carbocycles. The van der Waals surface area contributed by atoms with Gasteiger partial charge in [-0.05, 0) is 37.6 Å². The fourth-order valence-electron chi connectivity index (χ4n) is 2.72. The fourth-order valence-corrected chi connectivity index (χ4v) is 2.72. The number of nitrogens with one attached hydrogen (secondary N) is 1. The maximum atomic E-state index is 13.0. The summed E-state index contributed by atoms with van der Waals surface area (Å²) in [5.74, 6) is 0.979. The van der Waals surface area contributed by atoms with Gasteiger partial charge in [-0.2, -0.15) is 13.2 Å². The zero-order chi connectivity index (χ0) is 14.9. The fraction of sp³-hybridized carbons (Fsp3) is 0.375. The van der Waals surface area contributed by atoms with Gasteiger partial charge in [-0.3, -0.25) is 0 Å². The highest BCUT2D eigenvalue weighted by molar-refractivity contribution is 5.63. The number of rotatable bonds is 2. The molecule has 2 nitrogen and oxygen atoms in total. The second-order valence-corrected chi connectivity index (χ2v) is 5.25.